The van der Waals surface area contributed by atoms with E-state index in [0.717, 1.165) is 19.4 Å². The fourth-order valence-corrected chi connectivity index (χ4v) is 1.68. The first-order valence-corrected chi connectivity index (χ1v) is 5.95. The molecule has 0 aromatic carbocycles. The van der Waals surface area contributed by atoms with Gasteiger partial charge in [0.1, 0.15) is 0 Å². The van der Waals surface area contributed by atoms with Crippen molar-refractivity contribution in [1.29, 1.82) is 5.26 Å². The van der Waals surface area contributed by atoms with E-state index in [1.807, 2.05) is 0 Å². The maximum Gasteiger partial charge on any atom is 0.0621 e. The van der Waals surface area contributed by atoms with E-state index in [0.29, 0.717) is 12.5 Å². The molecule has 0 aromatic rings. The Morgan fingerprint density at radius 3 is 2.29 bits per heavy atom. The molecule has 0 bridgehead atoms. The van der Waals surface area contributed by atoms with Crippen LogP contribution in [0.1, 0.15) is 58.8 Å². The highest BCUT2D eigenvalue weighted by molar-refractivity contribution is 4.70. The number of nitrogens with one attached hydrogen (secondary N) is 1. The van der Waals surface area contributed by atoms with E-state index >= 15 is 0 Å². The topological polar surface area (TPSA) is 35.8 Å². The molecule has 0 saturated carbocycles. The van der Waals surface area contributed by atoms with Crippen molar-refractivity contribution in [3.05, 3.63) is 0 Å². The molecule has 0 aliphatic heterocycles. The molecule has 0 rings (SSSR count). The molecule has 82 valence electrons. The summed E-state index contributed by atoms with van der Waals surface area (Å²) in [5.41, 5.74) is 0. The summed E-state index contributed by atoms with van der Waals surface area (Å²) in [7, 11) is 0. The Morgan fingerprint density at radius 1 is 1.14 bits per heavy atom. The van der Waals surface area contributed by atoms with Gasteiger partial charge in [0, 0.05) is 12.5 Å². The van der Waals surface area contributed by atoms with Crippen LogP contribution in [0.5, 0.6) is 0 Å². The summed E-state index contributed by atoms with van der Waals surface area (Å²) in [6.07, 6.45) is 7.96. The van der Waals surface area contributed by atoms with Crippen LogP contribution in [0, 0.1) is 11.3 Å². The van der Waals surface area contributed by atoms with Crippen LogP contribution < -0.4 is 5.32 Å². The van der Waals surface area contributed by atoms with Crippen LogP contribution in [0.25, 0.3) is 0 Å². The van der Waals surface area contributed by atoms with Gasteiger partial charge in [-0.05, 0) is 32.2 Å². The average Bonchev–Trinajstić information content (AvgIpc) is 2.18. The van der Waals surface area contributed by atoms with Gasteiger partial charge in [0.2, 0.25) is 0 Å². The molecule has 0 aliphatic rings. The van der Waals surface area contributed by atoms with E-state index in [4.69, 9.17) is 5.26 Å². The molecule has 14 heavy (non-hydrogen) atoms. The van der Waals surface area contributed by atoms with Gasteiger partial charge < -0.3 is 5.32 Å². The molecule has 0 aliphatic carbocycles. The van der Waals surface area contributed by atoms with Crippen LogP contribution in [0.4, 0.5) is 0 Å². The predicted molar refractivity (Wildman–Crippen MR) is 61.1 cm³/mol. The van der Waals surface area contributed by atoms with Crippen LogP contribution in [0.15, 0.2) is 0 Å². The minimum atomic E-state index is 0.701. The van der Waals surface area contributed by atoms with Crippen molar-refractivity contribution in [2.75, 3.05) is 6.54 Å². The molecular weight excluding hydrogens is 172 g/mol. The molecule has 2 nitrogen and oxygen atoms in total. The summed E-state index contributed by atoms with van der Waals surface area (Å²) in [5, 5.41) is 11.9. The molecule has 0 radical (unpaired) electrons. The van der Waals surface area contributed by atoms with Crippen molar-refractivity contribution in [2.24, 2.45) is 0 Å². The van der Waals surface area contributed by atoms with Crippen LogP contribution >= 0.6 is 0 Å². The zero-order valence-electron chi connectivity index (χ0n) is 9.68. The highest BCUT2D eigenvalue weighted by atomic mass is 14.9. The number of hydrogen-bond donors (Lipinski definition) is 1. The Balaban J connectivity index is 3.36. The molecule has 2 heteroatoms. The van der Waals surface area contributed by atoms with E-state index in [-0.39, 0.29) is 0 Å². The monoisotopic (exact) mass is 196 g/mol. The van der Waals surface area contributed by atoms with Gasteiger partial charge in [-0.2, -0.15) is 5.26 Å². The van der Waals surface area contributed by atoms with E-state index < -0.39 is 0 Å². The van der Waals surface area contributed by atoms with Crippen molar-refractivity contribution in [3.8, 4) is 6.07 Å². The van der Waals surface area contributed by atoms with Gasteiger partial charge in [-0.1, -0.05) is 26.7 Å². The Labute approximate surface area is 88.7 Å². The number of nitrogens with zero attached hydrogens (tertiary/aromatic N) is 1. The zero-order chi connectivity index (χ0) is 10.6. The van der Waals surface area contributed by atoms with Gasteiger partial charge in [-0.3, -0.25) is 0 Å². The van der Waals surface area contributed by atoms with E-state index in [2.05, 4.69) is 25.2 Å². The second-order valence-electron chi connectivity index (χ2n) is 3.84. The molecule has 0 atom stereocenters. The second kappa shape index (κ2) is 10.5. The zero-order valence-corrected chi connectivity index (χ0v) is 9.68. The number of unbranched alkanes of at least 4 members (excludes halogenated alkanes) is 2. The van der Waals surface area contributed by atoms with Gasteiger partial charge in [0.25, 0.3) is 0 Å². The Bertz CT molecular complexity index is 143. The Hall–Kier alpha value is -0.550. The molecule has 0 amide bonds. The maximum absolute atomic E-state index is 8.37. The average molecular weight is 196 g/mol. The number of nitriles is 1. The molecule has 0 spiro atoms. The van der Waals surface area contributed by atoms with E-state index in [1.54, 1.807) is 0 Å². The van der Waals surface area contributed by atoms with E-state index in [1.165, 1.54) is 25.7 Å². The smallest absolute Gasteiger partial charge is 0.0621 e. The molecular formula is C12H24N2. The highest BCUT2D eigenvalue weighted by Gasteiger charge is 2.04. The van der Waals surface area contributed by atoms with Crippen molar-refractivity contribution in [2.45, 2.75) is 64.8 Å². The summed E-state index contributed by atoms with van der Waals surface area (Å²) in [6.45, 7) is 5.55. The normalized spacial score (nSPS) is 10.4. The second-order valence-corrected chi connectivity index (χ2v) is 3.84. The fourth-order valence-electron chi connectivity index (χ4n) is 1.68. The first-order chi connectivity index (χ1) is 6.85. The Morgan fingerprint density at radius 2 is 1.79 bits per heavy atom. The van der Waals surface area contributed by atoms with Gasteiger partial charge in [0.05, 0.1) is 6.07 Å². The van der Waals surface area contributed by atoms with E-state index in [9.17, 15) is 0 Å². The molecule has 0 aromatic heterocycles. The lowest BCUT2D eigenvalue weighted by molar-refractivity contribution is 0.438. The maximum atomic E-state index is 8.37. The summed E-state index contributed by atoms with van der Waals surface area (Å²) in [5.74, 6) is 0. The van der Waals surface area contributed by atoms with Crippen molar-refractivity contribution < 1.29 is 0 Å². The molecule has 0 saturated heterocycles. The van der Waals surface area contributed by atoms with Crippen LogP contribution in [0.3, 0.4) is 0 Å². The third kappa shape index (κ3) is 8.07. The lowest BCUT2D eigenvalue weighted by atomic mass is 10.1. The standard InChI is InChI=1S/C12H24N2/c1-3-8-12(9-4-2)14-11-7-5-6-10-13/h12,14H,3-9,11H2,1-2H3. The first-order valence-electron chi connectivity index (χ1n) is 5.95. The quantitative estimate of drug-likeness (QED) is 0.575. The van der Waals surface area contributed by atoms with Crippen LogP contribution in [0.2, 0.25) is 0 Å². The van der Waals surface area contributed by atoms with Crippen molar-refractivity contribution >= 4 is 0 Å². The molecule has 0 heterocycles. The lowest BCUT2D eigenvalue weighted by Gasteiger charge is -2.16. The summed E-state index contributed by atoms with van der Waals surface area (Å²) >= 11 is 0. The van der Waals surface area contributed by atoms with Gasteiger partial charge in [0.15, 0.2) is 0 Å². The van der Waals surface area contributed by atoms with Crippen molar-refractivity contribution in [1.82, 2.24) is 5.32 Å². The molecule has 1 N–H and O–H groups in total. The molecule has 0 fully saturated rings. The first kappa shape index (κ1) is 13.4. The molecule has 0 unspecified atom stereocenters. The van der Waals surface area contributed by atoms with Gasteiger partial charge in [-0.15, -0.1) is 0 Å². The summed E-state index contributed by atoms with van der Waals surface area (Å²) in [4.78, 5) is 0. The fraction of sp³-hybridized carbons (Fsp3) is 0.917. The predicted octanol–water partition coefficient (Wildman–Crippen LogP) is 3.24. The third-order valence-electron chi connectivity index (χ3n) is 2.42. The van der Waals surface area contributed by atoms with Crippen LogP contribution in [-0.2, 0) is 0 Å². The lowest BCUT2D eigenvalue weighted by Crippen LogP contribution is -2.29. The number of hydrogen-bond acceptors (Lipinski definition) is 2. The summed E-state index contributed by atoms with van der Waals surface area (Å²) in [6, 6.07) is 2.88. The minimum Gasteiger partial charge on any atom is -0.314 e. The van der Waals surface area contributed by atoms with Gasteiger partial charge in [-0.25, -0.2) is 0 Å². The SMILES string of the molecule is CCCC(CCC)NCCCCC#N. The minimum absolute atomic E-state index is 0.701. The highest BCUT2D eigenvalue weighted by Crippen LogP contribution is 2.04. The van der Waals surface area contributed by atoms with Crippen molar-refractivity contribution in [3.63, 3.8) is 0 Å². The number of rotatable bonds is 9. The largest absolute Gasteiger partial charge is 0.314 e. The van der Waals surface area contributed by atoms with Crippen LogP contribution in [-0.4, -0.2) is 12.6 Å². The summed E-state index contributed by atoms with van der Waals surface area (Å²) < 4.78 is 0. The Kier molecular flexibility index (Phi) is 10.1. The van der Waals surface area contributed by atoms with Gasteiger partial charge >= 0.3 is 0 Å². The third-order valence-corrected chi connectivity index (χ3v) is 2.42.